The largest absolute Gasteiger partial charge is 0.428 e. The van der Waals surface area contributed by atoms with Gasteiger partial charge in [-0.25, -0.2) is 0 Å². The minimum atomic E-state index is -1.04. The van der Waals surface area contributed by atoms with Crippen LogP contribution in [0.2, 0.25) is 0 Å². The van der Waals surface area contributed by atoms with Crippen LogP contribution in [0.25, 0.3) is 0 Å². The van der Waals surface area contributed by atoms with Gasteiger partial charge in [0.1, 0.15) is 23.4 Å². The Balaban J connectivity index is 2.18. The number of ether oxygens (including phenoxy) is 4. The van der Waals surface area contributed by atoms with Crippen LogP contribution in [0.5, 0.6) is 0 Å². The standard InChI is InChI=1S/C10H12O5/c1-9-5-4-6(15-9)10(12-2,13-3)7(9)8(11)14-5/h4,6-7H,1-3H3/t6-,7-,9+/m0/s1. The first-order valence-corrected chi connectivity index (χ1v) is 4.80. The lowest BCUT2D eigenvalue weighted by Crippen LogP contribution is -2.52. The molecule has 0 spiro atoms. The predicted octanol–water partition coefficient (Wildman–Crippen LogP) is 0.204. The summed E-state index contributed by atoms with van der Waals surface area (Å²) < 4.78 is 21.6. The smallest absolute Gasteiger partial charge is 0.323 e. The molecule has 2 saturated heterocycles. The van der Waals surface area contributed by atoms with Crippen LogP contribution in [0.3, 0.4) is 0 Å². The maximum absolute atomic E-state index is 11.7. The molecule has 15 heavy (non-hydrogen) atoms. The Morgan fingerprint density at radius 3 is 2.67 bits per heavy atom. The van der Waals surface area contributed by atoms with Gasteiger partial charge in [-0.3, -0.25) is 4.79 Å². The average molecular weight is 212 g/mol. The van der Waals surface area contributed by atoms with E-state index in [0.717, 1.165) is 0 Å². The maximum Gasteiger partial charge on any atom is 0.323 e. The normalized spacial score (nSPS) is 44.5. The third kappa shape index (κ3) is 0.758. The summed E-state index contributed by atoms with van der Waals surface area (Å²) in [6.45, 7) is 1.83. The fraction of sp³-hybridized carbons (Fsp3) is 0.700. The van der Waals surface area contributed by atoms with E-state index in [1.807, 2.05) is 6.92 Å². The average Bonchev–Trinajstić information content (AvgIpc) is 2.68. The molecule has 0 aromatic rings. The SMILES string of the molecule is COC1(OC)[C@@H]2C=C3OC(=O)[C@H]1[C@]3(C)O2. The van der Waals surface area contributed by atoms with Gasteiger partial charge < -0.3 is 18.9 Å². The van der Waals surface area contributed by atoms with E-state index in [1.165, 1.54) is 14.2 Å². The zero-order chi connectivity index (χ0) is 10.8. The Labute approximate surface area is 86.9 Å². The van der Waals surface area contributed by atoms with Crippen LogP contribution >= 0.6 is 0 Å². The van der Waals surface area contributed by atoms with Crippen LogP contribution in [0.1, 0.15) is 6.92 Å². The molecule has 0 radical (unpaired) electrons. The Morgan fingerprint density at radius 2 is 2.07 bits per heavy atom. The fourth-order valence-electron chi connectivity index (χ4n) is 2.86. The van der Waals surface area contributed by atoms with Crippen LogP contribution < -0.4 is 0 Å². The van der Waals surface area contributed by atoms with Gasteiger partial charge in [0.05, 0.1) is 0 Å². The lowest BCUT2D eigenvalue weighted by molar-refractivity contribution is -0.240. The fourth-order valence-corrected chi connectivity index (χ4v) is 2.86. The number of rotatable bonds is 2. The monoisotopic (exact) mass is 212 g/mol. The number of methoxy groups -OCH3 is 2. The molecule has 5 nitrogen and oxygen atoms in total. The number of hydrogen-bond donors (Lipinski definition) is 0. The van der Waals surface area contributed by atoms with Crippen molar-refractivity contribution >= 4 is 5.97 Å². The molecule has 0 amide bonds. The van der Waals surface area contributed by atoms with Crippen LogP contribution in [-0.4, -0.2) is 37.7 Å². The van der Waals surface area contributed by atoms with Gasteiger partial charge in [0.15, 0.2) is 0 Å². The lowest BCUT2D eigenvalue weighted by atomic mass is 9.80. The van der Waals surface area contributed by atoms with Gasteiger partial charge in [-0.2, -0.15) is 0 Å². The van der Waals surface area contributed by atoms with Gasteiger partial charge >= 0.3 is 5.97 Å². The molecule has 3 rings (SSSR count). The first-order chi connectivity index (χ1) is 7.08. The molecule has 3 atom stereocenters. The van der Waals surface area contributed by atoms with Gasteiger partial charge in [-0.15, -0.1) is 0 Å². The third-order valence-electron chi connectivity index (χ3n) is 3.60. The van der Waals surface area contributed by atoms with Crippen LogP contribution in [-0.2, 0) is 23.7 Å². The summed E-state index contributed by atoms with van der Waals surface area (Å²) in [5, 5.41) is 0. The second-order valence-electron chi connectivity index (χ2n) is 4.16. The predicted molar refractivity (Wildman–Crippen MR) is 47.7 cm³/mol. The van der Waals surface area contributed by atoms with Gasteiger partial charge in [0.2, 0.25) is 5.79 Å². The number of hydrogen-bond acceptors (Lipinski definition) is 5. The number of carbonyl (C=O) groups is 1. The summed E-state index contributed by atoms with van der Waals surface area (Å²) in [7, 11) is 3.02. The highest BCUT2D eigenvalue weighted by Gasteiger charge is 2.75. The van der Waals surface area contributed by atoms with E-state index >= 15 is 0 Å². The lowest BCUT2D eigenvalue weighted by Gasteiger charge is -2.33. The zero-order valence-electron chi connectivity index (χ0n) is 8.77. The first kappa shape index (κ1) is 9.33. The number of esters is 1. The van der Waals surface area contributed by atoms with Crippen LogP contribution in [0, 0.1) is 5.92 Å². The minimum absolute atomic E-state index is 0.340. The molecule has 0 saturated carbocycles. The maximum atomic E-state index is 11.7. The first-order valence-electron chi connectivity index (χ1n) is 4.80. The molecule has 3 aliphatic rings. The van der Waals surface area contributed by atoms with Crippen molar-refractivity contribution < 1.29 is 23.7 Å². The van der Waals surface area contributed by atoms with Gasteiger partial charge in [0, 0.05) is 14.2 Å². The second kappa shape index (κ2) is 2.42. The van der Waals surface area contributed by atoms with Crippen molar-refractivity contribution in [3.8, 4) is 0 Å². The summed E-state index contributed by atoms with van der Waals surface area (Å²) in [5.41, 5.74) is -0.715. The summed E-state index contributed by atoms with van der Waals surface area (Å²) >= 11 is 0. The highest BCUT2D eigenvalue weighted by Crippen LogP contribution is 2.59. The number of carbonyl (C=O) groups excluding carboxylic acids is 1. The molecule has 82 valence electrons. The highest BCUT2D eigenvalue weighted by molar-refractivity contribution is 5.83. The Bertz CT molecular complexity index is 370. The van der Waals surface area contributed by atoms with E-state index in [-0.39, 0.29) is 12.1 Å². The van der Waals surface area contributed by atoms with E-state index in [1.54, 1.807) is 6.08 Å². The second-order valence-corrected chi connectivity index (χ2v) is 4.16. The van der Waals surface area contributed by atoms with Crippen molar-refractivity contribution in [1.29, 1.82) is 0 Å². The molecular weight excluding hydrogens is 200 g/mol. The molecule has 3 aliphatic heterocycles. The summed E-state index contributed by atoms with van der Waals surface area (Å²) in [5.74, 6) is -1.32. The molecule has 3 heterocycles. The van der Waals surface area contributed by atoms with E-state index in [0.29, 0.717) is 5.76 Å². The molecule has 0 unspecified atom stereocenters. The molecule has 0 N–H and O–H groups in total. The van der Waals surface area contributed by atoms with E-state index in [4.69, 9.17) is 18.9 Å². The zero-order valence-corrected chi connectivity index (χ0v) is 8.77. The molecule has 2 fully saturated rings. The molecule has 0 aromatic heterocycles. The Kier molecular flexibility index (Phi) is 1.51. The summed E-state index contributed by atoms with van der Waals surface area (Å²) in [4.78, 5) is 11.7. The van der Waals surface area contributed by atoms with E-state index in [9.17, 15) is 4.79 Å². The minimum Gasteiger partial charge on any atom is -0.428 e. The van der Waals surface area contributed by atoms with Crippen molar-refractivity contribution in [1.82, 2.24) is 0 Å². The van der Waals surface area contributed by atoms with Gasteiger partial charge in [-0.05, 0) is 13.0 Å². The van der Waals surface area contributed by atoms with Gasteiger partial charge in [-0.1, -0.05) is 0 Å². The highest BCUT2D eigenvalue weighted by atomic mass is 16.7. The molecule has 0 aliphatic carbocycles. The quantitative estimate of drug-likeness (QED) is 0.483. The topological polar surface area (TPSA) is 54.0 Å². The van der Waals surface area contributed by atoms with Crippen molar-refractivity contribution in [2.75, 3.05) is 14.2 Å². The number of fused-ring (bicyclic) bond motifs is 1. The van der Waals surface area contributed by atoms with Crippen LogP contribution in [0.15, 0.2) is 11.8 Å². The third-order valence-corrected chi connectivity index (χ3v) is 3.60. The van der Waals surface area contributed by atoms with Crippen molar-refractivity contribution in [3.05, 3.63) is 11.8 Å². The molecule has 2 bridgehead atoms. The van der Waals surface area contributed by atoms with E-state index < -0.39 is 17.3 Å². The Morgan fingerprint density at radius 1 is 1.40 bits per heavy atom. The summed E-state index contributed by atoms with van der Waals surface area (Å²) in [6, 6.07) is 0. The van der Waals surface area contributed by atoms with Crippen LogP contribution in [0.4, 0.5) is 0 Å². The van der Waals surface area contributed by atoms with E-state index in [2.05, 4.69) is 0 Å². The summed E-state index contributed by atoms with van der Waals surface area (Å²) in [6.07, 6.45) is 1.39. The Hall–Kier alpha value is -0.910. The molecule has 5 heteroatoms. The molecular formula is C10H12O5. The van der Waals surface area contributed by atoms with Gasteiger partial charge in [0.25, 0.3) is 0 Å². The van der Waals surface area contributed by atoms with Crippen molar-refractivity contribution in [2.24, 2.45) is 5.92 Å². The van der Waals surface area contributed by atoms with Crippen molar-refractivity contribution in [3.63, 3.8) is 0 Å². The molecule has 0 aromatic carbocycles. The van der Waals surface area contributed by atoms with Crippen molar-refractivity contribution in [2.45, 2.75) is 24.4 Å².